The predicted octanol–water partition coefficient (Wildman–Crippen LogP) is 0.775. The third kappa shape index (κ3) is 6.77. The lowest BCUT2D eigenvalue weighted by molar-refractivity contribution is -0.112. The summed E-state index contributed by atoms with van der Waals surface area (Å²) in [6.07, 6.45) is 2.91. The summed E-state index contributed by atoms with van der Waals surface area (Å²) in [5.41, 5.74) is 26.2. The van der Waals surface area contributed by atoms with Crippen LogP contribution in [0.25, 0.3) is 10.9 Å². The molecule has 0 saturated carbocycles. The fraction of sp³-hybridized carbons (Fsp3) is 0.345. The first-order valence-electron chi connectivity index (χ1n) is 14.4. The highest BCUT2D eigenvalue weighted by Gasteiger charge is 2.33. The van der Waals surface area contributed by atoms with Crippen molar-refractivity contribution in [2.75, 3.05) is 46.6 Å². The van der Waals surface area contributed by atoms with Gasteiger partial charge in [-0.05, 0) is 31.0 Å². The fourth-order valence-electron chi connectivity index (χ4n) is 5.85. The molecule has 0 radical (unpaired) electrons. The van der Waals surface area contributed by atoms with Crippen molar-refractivity contribution >= 4 is 64.2 Å². The number of halogens is 1. The number of carbonyl (C=O) groups excluding carboxylic acids is 2. The van der Waals surface area contributed by atoms with Gasteiger partial charge in [0.25, 0.3) is 11.7 Å². The number of para-hydroxylation sites is 1. The first-order chi connectivity index (χ1) is 21.2. The van der Waals surface area contributed by atoms with E-state index in [2.05, 4.69) is 25.6 Å². The van der Waals surface area contributed by atoms with Crippen LogP contribution in [0.4, 0.5) is 29.2 Å². The molecule has 16 heteroatoms. The van der Waals surface area contributed by atoms with E-state index in [1.807, 2.05) is 21.9 Å². The Morgan fingerprint density at radius 2 is 1.67 bits per heavy atom. The normalized spacial score (nSPS) is 21.4. The van der Waals surface area contributed by atoms with Crippen LogP contribution in [0, 0.1) is 0 Å². The third-order valence-corrected chi connectivity index (χ3v) is 7.93. The van der Waals surface area contributed by atoms with Crippen LogP contribution in [0.2, 0.25) is 0 Å². The van der Waals surface area contributed by atoms with Crippen LogP contribution in [0.3, 0.4) is 0 Å². The van der Waals surface area contributed by atoms with Crippen molar-refractivity contribution in [1.82, 2.24) is 19.9 Å². The summed E-state index contributed by atoms with van der Waals surface area (Å²) >= 11 is 0. The van der Waals surface area contributed by atoms with E-state index in [1.54, 1.807) is 18.2 Å². The topological polar surface area (TPSA) is 243 Å². The second-order valence-electron chi connectivity index (χ2n) is 11.3. The Labute approximate surface area is 265 Å². The number of nitrogens with zero attached hydrogens (tertiary/aromatic N) is 5. The number of Topliss-reactive ketones (excluding diaryl/α,β-unsaturated/α-hetero) is 1. The molecular weight excluding hydrogens is 600 g/mol. The number of aromatic nitrogens is 4. The van der Waals surface area contributed by atoms with Crippen LogP contribution < -0.4 is 43.4 Å². The fourth-order valence-corrected chi connectivity index (χ4v) is 5.85. The van der Waals surface area contributed by atoms with Crippen molar-refractivity contribution in [3.63, 3.8) is 0 Å². The van der Waals surface area contributed by atoms with E-state index >= 15 is 0 Å². The highest BCUT2D eigenvalue weighted by atomic mass is 35.5. The number of H-pyrrole nitrogens is 1. The van der Waals surface area contributed by atoms with Crippen LogP contribution in [-0.4, -0.2) is 87.1 Å². The van der Waals surface area contributed by atoms with Crippen LogP contribution >= 0.6 is 12.4 Å². The quantitative estimate of drug-likeness (QED) is 0.0758. The lowest BCUT2D eigenvalue weighted by Gasteiger charge is -2.35. The van der Waals surface area contributed by atoms with Crippen LogP contribution in [0.5, 0.6) is 5.75 Å². The van der Waals surface area contributed by atoms with Crippen LogP contribution in [0.1, 0.15) is 23.2 Å². The largest absolute Gasteiger partial charge is 0.506 e. The average molecular weight is 637 g/mol. The lowest BCUT2D eigenvalue weighted by Crippen LogP contribution is -2.53. The molecule has 0 spiro atoms. The maximum absolute atomic E-state index is 12.9. The van der Waals surface area contributed by atoms with Crippen LogP contribution in [-0.2, 0) is 4.79 Å². The number of anilines is 5. The molecule has 1 amide bonds. The lowest BCUT2D eigenvalue weighted by atomic mass is 10.0. The van der Waals surface area contributed by atoms with Crippen molar-refractivity contribution in [3.05, 3.63) is 54.2 Å². The number of aromatic hydroxyl groups is 1. The molecule has 238 valence electrons. The first kappa shape index (κ1) is 31.9. The van der Waals surface area contributed by atoms with E-state index in [1.165, 1.54) is 18.3 Å². The van der Waals surface area contributed by atoms with Gasteiger partial charge in [0, 0.05) is 79.2 Å². The summed E-state index contributed by atoms with van der Waals surface area (Å²) in [6.45, 7) is 1.99. The molecule has 45 heavy (non-hydrogen) atoms. The molecule has 0 aliphatic carbocycles. The summed E-state index contributed by atoms with van der Waals surface area (Å²) in [4.78, 5) is 46.6. The highest BCUT2D eigenvalue weighted by molar-refractivity contribution is 6.48. The Balaban J connectivity index is 0.00000400. The van der Waals surface area contributed by atoms with Crippen LogP contribution in [0.15, 0.2) is 48.7 Å². The molecule has 6 rings (SSSR count). The van der Waals surface area contributed by atoms with Crippen molar-refractivity contribution in [2.24, 2.45) is 22.9 Å². The summed E-state index contributed by atoms with van der Waals surface area (Å²) < 4.78 is 0. The minimum absolute atomic E-state index is 0. The number of amides is 1. The van der Waals surface area contributed by atoms with E-state index < -0.39 is 11.7 Å². The van der Waals surface area contributed by atoms with E-state index in [0.717, 1.165) is 5.52 Å². The zero-order valence-electron chi connectivity index (χ0n) is 24.4. The number of nitrogens with one attached hydrogen (secondary N) is 3. The molecule has 15 nitrogen and oxygen atoms in total. The molecule has 4 aromatic rings. The second-order valence-corrected chi connectivity index (χ2v) is 11.3. The zero-order chi connectivity index (χ0) is 31.0. The molecule has 0 bridgehead atoms. The summed E-state index contributed by atoms with van der Waals surface area (Å²) in [6, 6.07) is 11.3. The number of ketones is 1. The highest BCUT2D eigenvalue weighted by Crippen LogP contribution is 2.30. The van der Waals surface area contributed by atoms with Gasteiger partial charge in [-0.3, -0.25) is 9.59 Å². The Kier molecular flexibility index (Phi) is 9.36. The minimum atomic E-state index is -0.881. The van der Waals surface area contributed by atoms with Crippen molar-refractivity contribution in [2.45, 2.75) is 37.0 Å². The molecule has 2 aliphatic rings. The Morgan fingerprint density at radius 3 is 2.40 bits per heavy atom. The van der Waals surface area contributed by atoms with Crippen molar-refractivity contribution < 1.29 is 14.7 Å². The number of hydrogen-bond acceptors (Lipinski definition) is 13. The smallest absolute Gasteiger partial charge is 0.296 e. The molecule has 12 N–H and O–H groups in total. The van der Waals surface area contributed by atoms with E-state index in [0.29, 0.717) is 62.0 Å². The number of piperidine rings is 1. The maximum atomic E-state index is 12.9. The molecule has 2 saturated heterocycles. The number of hydrogen-bond donors (Lipinski definition) is 8. The van der Waals surface area contributed by atoms with Gasteiger partial charge in [-0.15, -0.1) is 12.4 Å². The molecule has 2 aliphatic heterocycles. The molecular formula is C29H37ClN12O3. The molecule has 0 unspecified atom stereocenters. The number of fused-ring (bicyclic) bond motifs is 1. The summed E-state index contributed by atoms with van der Waals surface area (Å²) in [7, 11) is 0. The van der Waals surface area contributed by atoms with Gasteiger partial charge in [0.15, 0.2) is 0 Å². The number of phenolic OH excluding ortho intramolecular Hbond substituents is 1. The Morgan fingerprint density at radius 1 is 0.956 bits per heavy atom. The molecule has 2 aromatic carbocycles. The van der Waals surface area contributed by atoms with Gasteiger partial charge >= 0.3 is 0 Å². The summed E-state index contributed by atoms with van der Waals surface area (Å²) in [5.74, 6) is -0.829. The predicted molar refractivity (Wildman–Crippen MR) is 175 cm³/mol. The standard InChI is InChI=1S/C29H36N12O3.ClH/c30-10-19-8-17(33)14-41(19)29-38-27(37-28(39-29)40-12-15(31)7-16(32)13-40)35-18-5-6-23(24(42)9-18)36-26(44)25(43)21-11-34-22-4-2-1-3-20(21)22;/h1-6,9,11,15-17,19,34,42H,7-8,10,12-14,30-33H2,(H,36,44)(H,35,37,38,39);1H/t15-,16+,17-,19-;/m1./s1. The molecule has 2 fully saturated rings. The van der Waals surface area contributed by atoms with Crippen molar-refractivity contribution in [3.8, 4) is 5.75 Å². The minimum Gasteiger partial charge on any atom is -0.506 e. The Hall–Kier alpha value is -4.54. The van der Waals surface area contributed by atoms with Gasteiger partial charge < -0.3 is 53.5 Å². The number of nitrogens with two attached hydrogens (primary N) is 4. The van der Waals surface area contributed by atoms with E-state index in [-0.39, 0.29) is 59.5 Å². The zero-order valence-corrected chi connectivity index (χ0v) is 25.2. The van der Waals surface area contributed by atoms with Gasteiger partial charge in [0.2, 0.25) is 17.8 Å². The van der Waals surface area contributed by atoms with E-state index in [9.17, 15) is 14.7 Å². The number of benzene rings is 2. The first-order valence-corrected chi connectivity index (χ1v) is 14.4. The summed E-state index contributed by atoms with van der Waals surface area (Å²) in [5, 5.41) is 17.0. The molecule has 4 atom stereocenters. The molecule has 4 heterocycles. The van der Waals surface area contributed by atoms with Gasteiger partial charge in [-0.1, -0.05) is 18.2 Å². The van der Waals surface area contributed by atoms with Gasteiger partial charge in [-0.2, -0.15) is 15.0 Å². The number of phenols is 1. The number of aromatic amines is 1. The Bertz CT molecular complexity index is 1690. The van der Waals surface area contributed by atoms with Gasteiger partial charge in [-0.25, -0.2) is 0 Å². The van der Waals surface area contributed by atoms with Crippen molar-refractivity contribution in [1.29, 1.82) is 0 Å². The maximum Gasteiger partial charge on any atom is 0.296 e. The average Bonchev–Trinajstić information content (AvgIpc) is 3.61. The number of rotatable bonds is 8. The van der Waals surface area contributed by atoms with Gasteiger partial charge in [0.1, 0.15) is 5.75 Å². The monoisotopic (exact) mass is 636 g/mol. The second kappa shape index (κ2) is 13.2. The third-order valence-electron chi connectivity index (χ3n) is 7.93. The van der Waals surface area contributed by atoms with Gasteiger partial charge in [0.05, 0.1) is 11.3 Å². The number of carbonyl (C=O) groups is 2. The molecule has 2 aromatic heterocycles. The van der Waals surface area contributed by atoms with E-state index in [4.69, 9.17) is 27.9 Å². The SMILES string of the molecule is Cl.NC[C@H]1C[C@@H](N)CN1c1nc(Nc2ccc(NC(=O)C(=O)c3c[nH]c4ccccc34)c(O)c2)nc(N2C[C@H](N)C[C@H](N)C2)n1.